The third-order valence-corrected chi connectivity index (χ3v) is 0.284. The largest absolute Gasteiger partial charge is 0.411 e. The van der Waals surface area contributed by atoms with Crippen LogP contribution in [0.25, 0.3) is 0 Å². The van der Waals surface area contributed by atoms with Crippen LogP contribution in [0.2, 0.25) is 0 Å². The molecule has 0 aromatic carbocycles. The highest BCUT2D eigenvalue weighted by Crippen LogP contribution is 2.05. The molecule has 1 N–H and O–H groups in total. The van der Waals surface area contributed by atoms with Crippen LogP contribution in [-0.2, 0) is 0 Å². The number of rotatable bonds is 1. The Labute approximate surface area is 39.4 Å². The summed E-state index contributed by atoms with van der Waals surface area (Å²) in [7, 11) is 0. The summed E-state index contributed by atoms with van der Waals surface area (Å²) in [5.41, 5.74) is 0. The van der Waals surface area contributed by atoms with E-state index >= 15 is 0 Å². The molecule has 0 aliphatic heterocycles. The molecule has 2 nitrogen and oxygen atoms in total. The molecule has 0 radical (unpaired) electrons. The van der Waals surface area contributed by atoms with E-state index in [0.29, 0.717) is 6.92 Å². The van der Waals surface area contributed by atoms with Gasteiger partial charge in [-0.05, 0) is 0 Å². The molecule has 4 heteroatoms. The molecule has 0 aromatic rings. The zero-order valence-electron chi connectivity index (χ0n) is 3.73. The van der Waals surface area contributed by atoms with Gasteiger partial charge in [0.05, 0.1) is 0 Å². The molecule has 0 bridgehead atoms. The third kappa shape index (κ3) is 5.33. The van der Waals surface area contributed by atoms with Crippen molar-refractivity contribution < 1.29 is 14.0 Å². The van der Waals surface area contributed by atoms with E-state index in [0.717, 1.165) is 0 Å². The van der Waals surface area contributed by atoms with Gasteiger partial charge in [0.2, 0.25) is 0 Å². The number of alkyl halides is 2. The second-order valence-corrected chi connectivity index (χ2v) is 1.20. The maximum atomic E-state index is 11.4. The molecule has 7 heavy (non-hydrogen) atoms. The van der Waals surface area contributed by atoms with Crippen LogP contribution < -0.4 is 0 Å². The van der Waals surface area contributed by atoms with Crippen LogP contribution >= 0.6 is 0 Å². The minimum Gasteiger partial charge on any atom is -0.411 e. The minimum atomic E-state index is -2.99. The average Bonchev–Trinajstić information content (AvgIpc) is 1.30. The molecule has 0 amide bonds. The summed E-state index contributed by atoms with van der Waals surface area (Å²) < 4.78 is 22.8. The standard InChI is InChI=1S/C3H5F2NO/c1-3(4,5)2-6-7/h2,7H,1H3/b6-2+. The van der Waals surface area contributed by atoms with Gasteiger partial charge in [-0.15, -0.1) is 0 Å². The summed E-state index contributed by atoms with van der Waals surface area (Å²) in [4.78, 5) is 0. The van der Waals surface area contributed by atoms with Crippen LogP contribution in [0.3, 0.4) is 0 Å². The predicted octanol–water partition coefficient (Wildman–Crippen LogP) is 1.10. The second kappa shape index (κ2) is 1.86. The molecule has 0 atom stereocenters. The second-order valence-electron chi connectivity index (χ2n) is 1.20. The lowest BCUT2D eigenvalue weighted by atomic mass is 10.4. The van der Waals surface area contributed by atoms with Gasteiger partial charge >= 0.3 is 0 Å². The van der Waals surface area contributed by atoms with E-state index in [2.05, 4.69) is 5.16 Å². The molecule has 0 heterocycles. The SMILES string of the molecule is CC(F)(F)/C=N/O. The molecule has 0 aliphatic rings. The fraction of sp³-hybridized carbons (Fsp3) is 0.667. The molecule has 0 aromatic heterocycles. The van der Waals surface area contributed by atoms with Gasteiger partial charge in [0.15, 0.2) is 0 Å². The quantitative estimate of drug-likeness (QED) is 0.305. The lowest BCUT2D eigenvalue weighted by Crippen LogP contribution is -2.10. The zero-order chi connectivity index (χ0) is 5.91. The van der Waals surface area contributed by atoms with Crippen molar-refractivity contribution in [2.45, 2.75) is 12.8 Å². The summed E-state index contributed by atoms with van der Waals surface area (Å²) in [5.74, 6) is -2.99. The molecule has 0 aliphatic carbocycles. The molecule has 0 saturated heterocycles. The van der Waals surface area contributed by atoms with Crippen molar-refractivity contribution in [3.63, 3.8) is 0 Å². The fourth-order valence-electron chi connectivity index (χ4n) is 0.101. The molecule has 42 valence electrons. The highest BCUT2D eigenvalue weighted by molar-refractivity contribution is 5.64. The van der Waals surface area contributed by atoms with Crippen molar-refractivity contribution in [2.24, 2.45) is 5.16 Å². The van der Waals surface area contributed by atoms with Crippen molar-refractivity contribution in [3.05, 3.63) is 0 Å². The van der Waals surface area contributed by atoms with Gasteiger partial charge in [0.1, 0.15) is 6.21 Å². The van der Waals surface area contributed by atoms with Gasteiger partial charge < -0.3 is 5.21 Å². The Morgan fingerprint density at radius 2 is 2.14 bits per heavy atom. The van der Waals surface area contributed by atoms with Gasteiger partial charge in [0.25, 0.3) is 5.92 Å². The van der Waals surface area contributed by atoms with Crippen LogP contribution in [0.4, 0.5) is 8.78 Å². The fourth-order valence-corrected chi connectivity index (χ4v) is 0.101. The molecule has 0 saturated carbocycles. The van der Waals surface area contributed by atoms with E-state index in [1.165, 1.54) is 0 Å². The summed E-state index contributed by atoms with van der Waals surface area (Å²) in [5, 5.41) is 9.62. The van der Waals surface area contributed by atoms with Gasteiger partial charge in [-0.25, -0.2) is 8.78 Å². The Balaban J connectivity index is 3.56. The molecule has 0 rings (SSSR count). The highest BCUT2D eigenvalue weighted by Gasteiger charge is 2.16. The van der Waals surface area contributed by atoms with E-state index in [9.17, 15) is 8.78 Å². The van der Waals surface area contributed by atoms with Crippen molar-refractivity contribution in [2.75, 3.05) is 0 Å². The number of halogens is 2. The average molecular weight is 109 g/mol. The minimum absolute atomic E-state index is 0.160. The van der Waals surface area contributed by atoms with E-state index < -0.39 is 5.92 Å². The molecular weight excluding hydrogens is 104 g/mol. The summed E-state index contributed by atoms with van der Waals surface area (Å²) in [6.45, 7) is 0.632. The Morgan fingerprint density at radius 3 is 2.14 bits per heavy atom. The molecule has 0 unspecified atom stereocenters. The maximum absolute atomic E-state index is 11.4. The van der Waals surface area contributed by atoms with Crippen LogP contribution in [0, 0.1) is 0 Å². The predicted molar refractivity (Wildman–Crippen MR) is 20.9 cm³/mol. The van der Waals surface area contributed by atoms with E-state index in [-0.39, 0.29) is 6.21 Å². The maximum Gasteiger partial charge on any atom is 0.283 e. The summed E-state index contributed by atoms with van der Waals surface area (Å²) in [6, 6.07) is 0. The van der Waals surface area contributed by atoms with Gasteiger partial charge in [-0.1, -0.05) is 5.16 Å². The van der Waals surface area contributed by atoms with Crippen LogP contribution in [0.5, 0.6) is 0 Å². The topological polar surface area (TPSA) is 32.6 Å². The van der Waals surface area contributed by atoms with Crippen molar-refractivity contribution in [1.82, 2.24) is 0 Å². The van der Waals surface area contributed by atoms with Crippen molar-refractivity contribution in [1.29, 1.82) is 0 Å². The Morgan fingerprint density at radius 1 is 1.71 bits per heavy atom. The van der Waals surface area contributed by atoms with Crippen LogP contribution in [0.15, 0.2) is 5.16 Å². The van der Waals surface area contributed by atoms with Crippen molar-refractivity contribution >= 4 is 6.21 Å². The summed E-state index contributed by atoms with van der Waals surface area (Å²) in [6.07, 6.45) is 0.160. The molecular formula is C3H5F2NO. The monoisotopic (exact) mass is 109 g/mol. The number of hydrogen-bond acceptors (Lipinski definition) is 2. The highest BCUT2D eigenvalue weighted by atomic mass is 19.3. The first kappa shape index (κ1) is 6.33. The Kier molecular flexibility index (Phi) is 1.68. The number of hydrogen-bond donors (Lipinski definition) is 1. The normalized spacial score (nSPS) is 13.0. The van der Waals surface area contributed by atoms with Crippen LogP contribution in [0.1, 0.15) is 6.92 Å². The Bertz CT molecular complexity index is 75.5. The lowest BCUT2D eigenvalue weighted by molar-refractivity contribution is 0.102. The van der Waals surface area contributed by atoms with Crippen molar-refractivity contribution in [3.8, 4) is 0 Å². The van der Waals surface area contributed by atoms with Crippen LogP contribution in [-0.4, -0.2) is 17.3 Å². The zero-order valence-corrected chi connectivity index (χ0v) is 3.73. The summed E-state index contributed by atoms with van der Waals surface area (Å²) >= 11 is 0. The van der Waals surface area contributed by atoms with E-state index in [4.69, 9.17) is 5.21 Å². The third-order valence-electron chi connectivity index (χ3n) is 0.284. The smallest absolute Gasteiger partial charge is 0.283 e. The molecule has 0 spiro atoms. The number of nitrogens with zero attached hydrogens (tertiary/aromatic N) is 1. The van der Waals surface area contributed by atoms with E-state index in [1.807, 2.05) is 0 Å². The van der Waals surface area contributed by atoms with Gasteiger partial charge in [-0.2, -0.15) is 0 Å². The first-order valence-corrected chi connectivity index (χ1v) is 1.62. The first-order valence-electron chi connectivity index (χ1n) is 1.62. The first-order chi connectivity index (χ1) is 3.06. The molecule has 0 fully saturated rings. The lowest BCUT2D eigenvalue weighted by Gasteiger charge is -1.96. The van der Waals surface area contributed by atoms with Gasteiger partial charge in [0, 0.05) is 6.92 Å². The Hall–Kier alpha value is -0.670. The van der Waals surface area contributed by atoms with Gasteiger partial charge in [-0.3, -0.25) is 0 Å². The number of oxime groups is 1. The van der Waals surface area contributed by atoms with E-state index in [1.54, 1.807) is 0 Å².